The lowest BCUT2D eigenvalue weighted by Gasteiger charge is -2.26. The molecular weight excluding hydrogens is 304 g/mol. The molecule has 0 bridgehead atoms. The minimum atomic E-state index is -0.0906. The molecule has 24 heavy (non-hydrogen) atoms. The van der Waals surface area contributed by atoms with Crippen molar-refractivity contribution >= 4 is 22.5 Å². The second kappa shape index (κ2) is 5.53. The molecule has 4 rings (SSSR count). The molecule has 120 valence electrons. The number of nitrogens with one attached hydrogen (secondary N) is 1. The van der Waals surface area contributed by atoms with Crippen molar-refractivity contribution in [1.82, 2.24) is 4.98 Å². The Morgan fingerprint density at radius 2 is 1.96 bits per heavy atom. The van der Waals surface area contributed by atoms with E-state index in [9.17, 15) is 9.59 Å². The molecule has 1 amide bonds. The van der Waals surface area contributed by atoms with Gasteiger partial charge in [-0.2, -0.15) is 0 Å². The normalized spacial score (nSPS) is 13.7. The number of anilines is 1. The summed E-state index contributed by atoms with van der Waals surface area (Å²) in [5.41, 5.74) is 3.13. The maximum Gasteiger partial charge on any atom is 0.264 e. The molecule has 0 atom stereocenters. The van der Waals surface area contributed by atoms with Gasteiger partial charge >= 0.3 is 0 Å². The van der Waals surface area contributed by atoms with Gasteiger partial charge in [0.25, 0.3) is 11.5 Å². The highest BCUT2D eigenvalue weighted by Crippen LogP contribution is 2.32. The number of pyridine rings is 1. The summed E-state index contributed by atoms with van der Waals surface area (Å²) in [6.07, 6.45) is 0.496. The Hall–Kier alpha value is -3.08. The Bertz CT molecular complexity index is 1010. The zero-order valence-electron chi connectivity index (χ0n) is 13.2. The van der Waals surface area contributed by atoms with E-state index in [1.807, 2.05) is 48.5 Å². The number of hydrogen-bond donors (Lipinski definition) is 1. The fourth-order valence-electron chi connectivity index (χ4n) is 2.97. The van der Waals surface area contributed by atoms with Crippen molar-refractivity contribution in [3.8, 4) is 5.75 Å². The van der Waals surface area contributed by atoms with Crippen molar-refractivity contribution in [1.29, 1.82) is 0 Å². The summed E-state index contributed by atoms with van der Waals surface area (Å²) >= 11 is 0. The molecule has 0 aliphatic carbocycles. The molecule has 3 aromatic rings. The first-order valence-electron chi connectivity index (χ1n) is 7.75. The minimum absolute atomic E-state index is 0.0627. The van der Waals surface area contributed by atoms with Crippen LogP contribution in [0, 0.1) is 0 Å². The van der Waals surface area contributed by atoms with Crippen LogP contribution in [0.4, 0.5) is 5.69 Å². The van der Waals surface area contributed by atoms with Crippen LogP contribution < -0.4 is 15.2 Å². The SMILES string of the molecule is CN1C(=O)COc2ccc(Cc3cc4ccccc4[nH]c3=O)cc21. The van der Waals surface area contributed by atoms with Crippen molar-refractivity contribution in [3.05, 3.63) is 70.0 Å². The van der Waals surface area contributed by atoms with Gasteiger partial charge in [0.1, 0.15) is 5.75 Å². The average Bonchev–Trinajstić information content (AvgIpc) is 2.59. The Balaban J connectivity index is 1.72. The molecule has 2 heterocycles. The van der Waals surface area contributed by atoms with Crippen LogP contribution in [0.5, 0.6) is 5.75 Å². The van der Waals surface area contributed by atoms with Gasteiger partial charge in [-0.25, -0.2) is 0 Å². The van der Waals surface area contributed by atoms with Crippen molar-refractivity contribution in [2.24, 2.45) is 0 Å². The van der Waals surface area contributed by atoms with Gasteiger partial charge in [0.05, 0.1) is 5.69 Å². The van der Waals surface area contributed by atoms with Crippen LogP contribution in [0.3, 0.4) is 0 Å². The summed E-state index contributed by atoms with van der Waals surface area (Å²) < 4.78 is 5.43. The first-order chi connectivity index (χ1) is 11.6. The number of hydrogen-bond acceptors (Lipinski definition) is 3. The van der Waals surface area contributed by atoms with E-state index in [4.69, 9.17) is 4.74 Å². The number of ether oxygens (including phenoxy) is 1. The van der Waals surface area contributed by atoms with Crippen LogP contribution >= 0.6 is 0 Å². The van der Waals surface area contributed by atoms with E-state index in [1.54, 1.807) is 11.9 Å². The van der Waals surface area contributed by atoms with E-state index in [0.29, 0.717) is 17.7 Å². The summed E-state index contributed by atoms with van der Waals surface area (Å²) in [4.78, 5) is 28.6. The first-order valence-corrected chi connectivity index (χ1v) is 7.75. The molecule has 0 radical (unpaired) electrons. The van der Waals surface area contributed by atoms with Gasteiger partial charge in [-0.05, 0) is 35.2 Å². The number of para-hydroxylation sites is 1. The van der Waals surface area contributed by atoms with Crippen LogP contribution in [-0.2, 0) is 11.2 Å². The molecule has 5 heteroatoms. The number of likely N-dealkylation sites (N-methyl/N-ethyl adjacent to an activating group) is 1. The van der Waals surface area contributed by atoms with E-state index in [0.717, 1.165) is 22.2 Å². The van der Waals surface area contributed by atoms with Crippen molar-refractivity contribution < 1.29 is 9.53 Å². The molecule has 0 unspecified atom stereocenters. The molecule has 0 saturated carbocycles. The van der Waals surface area contributed by atoms with E-state index >= 15 is 0 Å². The third-order valence-corrected chi connectivity index (χ3v) is 4.33. The molecule has 1 N–H and O–H groups in total. The number of H-pyrrole nitrogens is 1. The van der Waals surface area contributed by atoms with Crippen LogP contribution in [0.15, 0.2) is 53.3 Å². The molecule has 1 aliphatic heterocycles. The average molecular weight is 320 g/mol. The summed E-state index contributed by atoms with van der Waals surface area (Å²) in [5, 5.41) is 1.00. The molecule has 5 nitrogen and oxygen atoms in total. The third kappa shape index (κ3) is 2.44. The largest absolute Gasteiger partial charge is 0.482 e. The van der Waals surface area contributed by atoms with Gasteiger partial charge in [-0.15, -0.1) is 0 Å². The summed E-state index contributed by atoms with van der Waals surface area (Å²) in [6.45, 7) is 0.0627. The van der Waals surface area contributed by atoms with E-state index in [1.165, 1.54) is 0 Å². The maximum absolute atomic E-state index is 12.3. The standard InChI is InChI=1S/C19H16N2O3/c1-21-16-9-12(6-7-17(16)24-11-18(21)22)8-14-10-13-4-2-3-5-15(13)20-19(14)23/h2-7,9-10H,8,11H2,1H3,(H,20,23). The predicted molar refractivity (Wildman–Crippen MR) is 92.7 cm³/mol. The number of fused-ring (bicyclic) bond motifs is 2. The quantitative estimate of drug-likeness (QED) is 0.789. The fraction of sp³-hybridized carbons (Fsp3) is 0.158. The van der Waals surface area contributed by atoms with E-state index in [2.05, 4.69) is 4.98 Å². The molecule has 0 fully saturated rings. The third-order valence-electron chi connectivity index (χ3n) is 4.33. The van der Waals surface area contributed by atoms with Crippen LogP contribution in [-0.4, -0.2) is 24.5 Å². The highest BCUT2D eigenvalue weighted by atomic mass is 16.5. The summed E-state index contributed by atoms with van der Waals surface area (Å²) in [7, 11) is 1.73. The van der Waals surface area contributed by atoms with Gasteiger partial charge < -0.3 is 14.6 Å². The topological polar surface area (TPSA) is 62.4 Å². The van der Waals surface area contributed by atoms with Gasteiger partial charge in [0, 0.05) is 24.5 Å². The smallest absolute Gasteiger partial charge is 0.264 e. The minimum Gasteiger partial charge on any atom is -0.482 e. The Morgan fingerprint density at radius 1 is 1.12 bits per heavy atom. The van der Waals surface area contributed by atoms with Crippen molar-refractivity contribution in [3.63, 3.8) is 0 Å². The molecular formula is C19H16N2O3. The Kier molecular flexibility index (Phi) is 3.34. The maximum atomic E-state index is 12.3. The Morgan fingerprint density at radius 3 is 2.83 bits per heavy atom. The predicted octanol–water partition coefficient (Wildman–Crippen LogP) is 2.47. The van der Waals surface area contributed by atoms with Crippen molar-refractivity contribution in [2.45, 2.75) is 6.42 Å². The fourth-order valence-corrected chi connectivity index (χ4v) is 2.97. The zero-order valence-corrected chi connectivity index (χ0v) is 13.2. The van der Waals surface area contributed by atoms with Gasteiger partial charge in [-0.1, -0.05) is 24.3 Å². The number of nitrogens with zero attached hydrogens (tertiary/aromatic N) is 1. The van der Waals surface area contributed by atoms with Gasteiger partial charge in [0.2, 0.25) is 0 Å². The van der Waals surface area contributed by atoms with E-state index < -0.39 is 0 Å². The van der Waals surface area contributed by atoms with Crippen molar-refractivity contribution in [2.75, 3.05) is 18.6 Å². The number of aromatic nitrogens is 1. The highest BCUT2D eigenvalue weighted by Gasteiger charge is 2.22. The lowest BCUT2D eigenvalue weighted by atomic mass is 10.0. The second-order valence-electron chi connectivity index (χ2n) is 5.93. The van der Waals surface area contributed by atoms with Crippen LogP contribution in [0.2, 0.25) is 0 Å². The Labute approximate surface area is 138 Å². The molecule has 0 spiro atoms. The van der Waals surface area contributed by atoms with Crippen LogP contribution in [0.25, 0.3) is 10.9 Å². The molecule has 2 aromatic carbocycles. The first kappa shape index (κ1) is 14.5. The number of amides is 1. The zero-order chi connectivity index (χ0) is 16.7. The van der Waals surface area contributed by atoms with Gasteiger partial charge in [0.15, 0.2) is 6.61 Å². The lowest BCUT2D eigenvalue weighted by Crippen LogP contribution is -2.35. The molecule has 1 aromatic heterocycles. The lowest BCUT2D eigenvalue weighted by molar-refractivity contribution is -0.120. The van der Waals surface area contributed by atoms with Gasteiger partial charge in [-0.3, -0.25) is 9.59 Å². The number of aromatic amines is 1. The number of rotatable bonds is 2. The summed E-state index contributed by atoms with van der Waals surface area (Å²) in [5.74, 6) is 0.608. The monoisotopic (exact) mass is 320 g/mol. The molecule has 1 aliphatic rings. The highest BCUT2D eigenvalue weighted by molar-refractivity contribution is 5.97. The van der Waals surface area contributed by atoms with E-state index in [-0.39, 0.29) is 18.1 Å². The number of carbonyl (C=O) groups excluding carboxylic acids is 1. The second-order valence-corrected chi connectivity index (χ2v) is 5.93. The number of benzene rings is 2. The summed E-state index contributed by atoms with van der Waals surface area (Å²) in [6, 6.07) is 15.3. The number of carbonyl (C=O) groups is 1. The van der Waals surface area contributed by atoms with Crippen LogP contribution in [0.1, 0.15) is 11.1 Å². The molecule has 0 saturated heterocycles.